The van der Waals surface area contributed by atoms with Crippen LogP contribution < -0.4 is 14.8 Å². The van der Waals surface area contributed by atoms with Crippen LogP contribution in [0.25, 0.3) is 17.3 Å². The fourth-order valence-corrected chi connectivity index (χ4v) is 4.55. The van der Waals surface area contributed by atoms with E-state index in [0.717, 1.165) is 29.7 Å². The van der Waals surface area contributed by atoms with E-state index in [9.17, 15) is 20.0 Å². The fraction of sp³-hybridized carbons (Fsp3) is 0.174. The van der Waals surface area contributed by atoms with Crippen molar-refractivity contribution >= 4 is 28.9 Å². The minimum absolute atomic E-state index is 0.0202. The van der Waals surface area contributed by atoms with Crippen LogP contribution in [-0.4, -0.2) is 33.6 Å². The molecule has 2 heterocycles. The third-order valence-corrected chi connectivity index (χ3v) is 6.05. The smallest absolute Gasteiger partial charge is 0.273 e. The molecule has 2 aromatic carbocycles. The molecule has 0 aliphatic carbocycles. The molecule has 6 nitrogen and oxygen atoms in total. The van der Waals surface area contributed by atoms with Crippen LogP contribution in [0.15, 0.2) is 59.4 Å². The summed E-state index contributed by atoms with van der Waals surface area (Å²) in [5.41, 5.74) is 1.02. The number of likely N-dealkylation sites (tertiary alicyclic amines) is 1. The van der Waals surface area contributed by atoms with Crippen molar-refractivity contribution < 1.29 is 9.90 Å². The first-order chi connectivity index (χ1) is 14.6. The predicted octanol–water partition coefficient (Wildman–Crippen LogP) is 1.73. The maximum Gasteiger partial charge on any atom is 0.273 e. The Bertz CT molecular complexity index is 1290. The number of phenolic OH excluding ortho intramolecular Hbond substituents is 1. The van der Waals surface area contributed by atoms with E-state index < -0.39 is 0 Å². The Balaban J connectivity index is 1.99. The summed E-state index contributed by atoms with van der Waals surface area (Å²) in [4.78, 5) is 27.9. The molecule has 1 saturated heterocycles. The molecular weight excluding hydrogens is 398 g/mol. The first kappa shape index (κ1) is 19.7. The molecular formula is C23H19N3O3S. The fourth-order valence-electron chi connectivity index (χ4n) is 3.45. The van der Waals surface area contributed by atoms with Crippen molar-refractivity contribution in [1.29, 1.82) is 5.26 Å². The molecule has 150 valence electrons. The zero-order valence-corrected chi connectivity index (χ0v) is 16.9. The second-order valence-corrected chi connectivity index (χ2v) is 8.00. The summed E-state index contributed by atoms with van der Waals surface area (Å²) in [7, 11) is 0. The van der Waals surface area contributed by atoms with Crippen LogP contribution in [-0.2, 0) is 4.79 Å². The minimum Gasteiger partial charge on any atom is -0.508 e. The molecule has 7 heteroatoms. The number of rotatable bonds is 3. The van der Waals surface area contributed by atoms with Gasteiger partial charge in [0.1, 0.15) is 16.5 Å². The SMILES string of the molecule is N#CC(C(=O)N1CCCC1)=c1sc(=Cc2ccc(O)cc2)c(=O)n1-c1ccccc1. The quantitative estimate of drug-likeness (QED) is 0.703. The van der Waals surface area contributed by atoms with Crippen molar-refractivity contribution in [1.82, 2.24) is 9.47 Å². The predicted molar refractivity (Wildman–Crippen MR) is 116 cm³/mol. The van der Waals surface area contributed by atoms with Gasteiger partial charge in [0.25, 0.3) is 11.5 Å². The first-order valence-corrected chi connectivity index (χ1v) is 10.4. The zero-order valence-electron chi connectivity index (χ0n) is 16.1. The van der Waals surface area contributed by atoms with Crippen LogP contribution in [0, 0.1) is 11.3 Å². The van der Waals surface area contributed by atoms with Gasteiger partial charge >= 0.3 is 0 Å². The number of aromatic hydroxyl groups is 1. The molecule has 0 saturated carbocycles. The molecule has 0 unspecified atom stereocenters. The van der Waals surface area contributed by atoms with E-state index in [1.807, 2.05) is 12.1 Å². The van der Waals surface area contributed by atoms with Gasteiger partial charge in [0.2, 0.25) is 0 Å². The summed E-state index contributed by atoms with van der Waals surface area (Å²) in [6, 6.07) is 17.5. The number of phenols is 1. The molecule has 0 radical (unpaired) electrons. The number of nitrogens with zero attached hydrogens (tertiary/aromatic N) is 3. The average Bonchev–Trinajstić information content (AvgIpc) is 3.40. The maximum atomic E-state index is 13.3. The summed E-state index contributed by atoms with van der Waals surface area (Å²) >= 11 is 1.13. The number of hydrogen-bond donors (Lipinski definition) is 1. The Morgan fingerprint density at radius 2 is 1.73 bits per heavy atom. The maximum absolute atomic E-state index is 13.3. The molecule has 1 aromatic heterocycles. The summed E-state index contributed by atoms with van der Waals surface area (Å²) in [5.74, 6) is -0.200. The molecule has 1 N–H and O–H groups in total. The summed E-state index contributed by atoms with van der Waals surface area (Å²) < 4.78 is 2.17. The third kappa shape index (κ3) is 3.78. The van der Waals surface area contributed by atoms with E-state index in [2.05, 4.69) is 0 Å². The van der Waals surface area contributed by atoms with Crippen LogP contribution >= 0.6 is 11.3 Å². The first-order valence-electron chi connectivity index (χ1n) is 9.60. The zero-order chi connectivity index (χ0) is 21.1. The molecule has 1 amide bonds. The third-order valence-electron chi connectivity index (χ3n) is 4.96. The minimum atomic E-state index is -0.336. The number of amides is 1. The van der Waals surface area contributed by atoms with Gasteiger partial charge in [0, 0.05) is 13.1 Å². The van der Waals surface area contributed by atoms with Crippen molar-refractivity contribution in [2.24, 2.45) is 0 Å². The number of nitriles is 1. The number of thiazole rings is 1. The number of carbonyl (C=O) groups is 1. The second-order valence-electron chi connectivity index (χ2n) is 6.97. The highest BCUT2D eigenvalue weighted by Crippen LogP contribution is 2.13. The van der Waals surface area contributed by atoms with E-state index in [1.54, 1.807) is 59.5 Å². The Hall–Kier alpha value is -3.63. The van der Waals surface area contributed by atoms with E-state index in [1.165, 1.54) is 4.57 Å². The average molecular weight is 417 g/mol. The van der Waals surface area contributed by atoms with E-state index in [0.29, 0.717) is 28.0 Å². The Labute approximate surface area is 176 Å². The molecule has 0 atom stereocenters. The number of benzene rings is 2. The van der Waals surface area contributed by atoms with Gasteiger partial charge in [-0.3, -0.25) is 14.2 Å². The lowest BCUT2D eigenvalue weighted by Gasteiger charge is -2.14. The molecule has 3 aromatic rings. The van der Waals surface area contributed by atoms with Crippen molar-refractivity contribution in [3.05, 3.63) is 79.7 Å². The second kappa shape index (κ2) is 8.39. The topological polar surface area (TPSA) is 86.3 Å². The Morgan fingerprint density at radius 3 is 2.37 bits per heavy atom. The molecule has 30 heavy (non-hydrogen) atoms. The molecule has 1 fully saturated rings. The van der Waals surface area contributed by atoms with Crippen LogP contribution in [0.1, 0.15) is 18.4 Å². The van der Waals surface area contributed by atoms with Crippen LogP contribution in [0.4, 0.5) is 0 Å². The van der Waals surface area contributed by atoms with Gasteiger partial charge in [-0.15, -0.1) is 11.3 Å². The molecule has 0 spiro atoms. The lowest BCUT2D eigenvalue weighted by Crippen LogP contribution is -2.35. The van der Waals surface area contributed by atoms with Crippen molar-refractivity contribution in [3.8, 4) is 17.5 Å². The number of carbonyl (C=O) groups excluding carboxylic acids is 1. The van der Waals surface area contributed by atoms with Gasteiger partial charge < -0.3 is 10.0 Å². The highest BCUT2D eigenvalue weighted by Gasteiger charge is 2.24. The normalized spacial score (nSPS) is 15.2. The van der Waals surface area contributed by atoms with E-state index >= 15 is 0 Å². The van der Waals surface area contributed by atoms with Gasteiger partial charge in [0.15, 0.2) is 5.57 Å². The van der Waals surface area contributed by atoms with Crippen molar-refractivity contribution in [2.45, 2.75) is 12.8 Å². The van der Waals surface area contributed by atoms with Crippen LogP contribution in [0.2, 0.25) is 0 Å². The van der Waals surface area contributed by atoms with Crippen molar-refractivity contribution in [2.75, 3.05) is 13.1 Å². The summed E-state index contributed by atoms with van der Waals surface area (Å²) in [6.45, 7) is 1.24. The lowest BCUT2D eigenvalue weighted by molar-refractivity contribution is -0.123. The largest absolute Gasteiger partial charge is 0.508 e. The van der Waals surface area contributed by atoms with Crippen molar-refractivity contribution in [3.63, 3.8) is 0 Å². The van der Waals surface area contributed by atoms with Crippen LogP contribution in [0.3, 0.4) is 0 Å². The number of aromatic nitrogens is 1. The summed E-state index contributed by atoms with van der Waals surface area (Å²) in [5, 5.41) is 19.3. The summed E-state index contributed by atoms with van der Waals surface area (Å²) in [6.07, 6.45) is 3.53. The standard InChI is InChI=1S/C23H19N3O3S/c24-15-19(21(28)25-12-4-5-13-25)23-26(17-6-2-1-3-7-17)22(29)20(30-23)14-16-8-10-18(27)11-9-16/h1-3,6-11,14,27H,4-5,12-13H2. The van der Waals surface area contributed by atoms with E-state index in [-0.39, 0.29) is 22.8 Å². The Morgan fingerprint density at radius 1 is 1.07 bits per heavy atom. The van der Waals surface area contributed by atoms with Gasteiger partial charge in [-0.05, 0) is 48.7 Å². The molecule has 0 bridgehead atoms. The monoisotopic (exact) mass is 417 g/mol. The molecule has 1 aliphatic heterocycles. The Kier molecular flexibility index (Phi) is 5.50. The van der Waals surface area contributed by atoms with Crippen LogP contribution in [0.5, 0.6) is 5.75 Å². The van der Waals surface area contributed by atoms with Gasteiger partial charge in [-0.2, -0.15) is 5.26 Å². The highest BCUT2D eigenvalue weighted by molar-refractivity contribution is 7.07. The lowest BCUT2D eigenvalue weighted by atomic mass is 10.2. The highest BCUT2D eigenvalue weighted by atomic mass is 32.1. The van der Waals surface area contributed by atoms with E-state index in [4.69, 9.17) is 0 Å². The molecule has 1 aliphatic rings. The molecule has 4 rings (SSSR count). The van der Waals surface area contributed by atoms with Gasteiger partial charge in [-0.1, -0.05) is 30.3 Å². The van der Waals surface area contributed by atoms with Gasteiger partial charge in [-0.25, -0.2) is 0 Å². The number of para-hydroxylation sites is 1. The van der Waals surface area contributed by atoms with Gasteiger partial charge in [0.05, 0.1) is 10.2 Å². The number of hydrogen-bond acceptors (Lipinski definition) is 5.